The molecule has 2 aromatic rings. The molecule has 2 N–H and O–H groups in total. The molecule has 0 bridgehead atoms. The maximum absolute atomic E-state index is 5.99. The summed E-state index contributed by atoms with van der Waals surface area (Å²) in [4.78, 5) is 2.42. The van der Waals surface area contributed by atoms with Crippen molar-refractivity contribution >= 4 is 11.0 Å². The van der Waals surface area contributed by atoms with Gasteiger partial charge in [-0.3, -0.25) is 4.90 Å². The molecule has 0 unspecified atom stereocenters. The lowest BCUT2D eigenvalue weighted by Crippen LogP contribution is -2.26. The second-order valence-corrected chi connectivity index (χ2v) is 5.15. The minimum Gasteiger partial charge on any atom is -0.459 e. The van der Waals surface area contributed by atoms with Gasteiger partial charge in [-0.15, -0.1) is 6.58 Å². The third-order valence-electron chi connectivity index (χ3n) is 3.76. The van der Waals surface area contributed by atoms with Gasteiger partial charge in [-0.25, -0.2) is 0 Å². The first-order valence-corrected chi connectivity index (χ1v) is 6.87. The highest BCUT2D eigenvalue weighted by Crippen LogP contribution is 2.31. The summed E-state index contributed by atoms with van der Waals surface area (Å²) in [5.74, 6) is 1.01. The van der Waals surface area contributed by atoms with Gasteiger partial charge < -0.3 is 10.2 Å². The molecule has 1 aliphatic rings. The highest BCUT2D eigenvalue weighted by molar-refractivity contribution is 5.82. The molecule has 1 heterocycles. The van der Waals surface area contributed by atoms with Crippen molar-refractivity contribution in [2.24, 2.45) is 5.73 Å². The fourth-order valence-corrected chi connectivity index (χ4v) is 2.63. The Hall–Kier alpha value is -1.58. The Morgan fingerprint density at radius 1 is 1.37 bits per heavy atom. The van der Waals surface area contributed by atoms with Gasteiger partial charge in [0.25, 0.3) is 0 Å². The summed E-state index contributed by atoms with van der Waals surface area (Å²) < 4.78 is 5.99. The van der Waals surface area contributed by atoms with E-state index >= 15 is 0 Å². The zero-order valence-corrected chi connectivity index (χ0v) is 11.1. The molecule has 3 rings (SSSR count). The van der Waals surface area contributed by atoms with Crippen LogP contribution in [-0.4, -0.2) is 17.5 Å². The van der Waals surface area contributed by atoms with Gasteiger partial charge in [-0.1, -0.05) is 24.3 Å². The van der Waals surface area contributed by atoms with Crippen molar-refractivity contribution in [2.75, 3.05) is 6.54 Å². The molecular formula is C16H20N2O. The summed E-state index contributed by atoms with van der Waals surface area (Å²) in [6, 6.07) is 8.81. The molecule has 0 saturated heterocycles. The van der Waals surface area contributed by atoms with E-state index < -0.39 is 0 Å². The van der Waals surface area contributed by atoms with E-state index in [4.69, 9.17) is 10.2 Å². The lowest BCUT2D eigenvalue weighted by Gasteiger charge is -2.19. The number of furan rings is 1. The molecule has 1 aromatic heterocycles. The molecule has 0 radical (unpaired) electrons. The number of nitrogens with zero attached hydrogens (tertiary/aromatic N) is 1. The highest BCUT2D eigenvalue weighted by Gasteiger charge is 2.29. The molecule has 19 heavy (non-hydrogen) atoms. The molecule has 0 atom stereocenters. The van der Waals surface area contributed by atoms with E-state index in [2.05, 4.69) is 17.5 Å². The van der Waals surface area contributed by atoms with E-state index in [-0.39, 0.29) is 0 Å². The third-order valence-corrected chi connectivity index (χ3v) is 3.76. The average molecular weight is 256 g/mol. The fraction of sp³-hybridized carbons (Fsp3) is 0.375. The van der Waals surface area contributed by atoms with E-state index in [0.717, 1.165) is 35.4 Å². The van der Waals surface area contributed by atoms with Crippen LogP contribution >= 0.6 is 0 Å². The van der Waals surface area contributed by atoms with Crippen molar-refractivity contribution in [3.8, 4) is 0 Å². The van der Waals surface area contributed by atoms with E-state index in [0.29, 0.717) is 12.6 Å². The Bertz CT molecular complexity index is 583. The Morgan fingerprint density at radius 2 is 2.16 bits per heavy atom. The summed E-state index contributed by atoms with van der Waals surface area (Å²) in [5.41, 5.74) is 7.99. The van der Waals surface area contributed by atoms with Gasteiger partial charge in [0.05, 0.1) is 6.54 Å². The molecule has 0 amide bonds. The van der Waals surface area contributed by atoms with Crippen LogP contribution in [-0.2, 0) is 13.1 Å². The summed E-state index contributed by atoms with van der Waals surface area (Å²) in [7, 11) is 0. The van der Waals surface area contributed by atoms with Crippen molar-refractivity contribution in [2.45, 2.75) is 32.0 Å². The Balaban J connectivity index is 1.92. The lowest BCUT2D eigenvalue weighted by atomic mass is 10.1. The Morgan fingerprint density at radius 3 is 2.84 bits per heavy atom. The quantitative estimate of drug-likeness (QED) is 0.808. The molecular weight excluding hydrogens is 236 g/mol. The summed E-state index contributed by atoms with van der Waals surface area (Å²) >= 11 is 0. The molecule has 3 heteroatoms. The van der Waals surface area contributed by atoms with Crippen molar-refractivity contribution < 1.29 is 4.42 Å². The van der Waals surface area contributed by atoms with Crippen molar-refractivity contribution in [3.63, 3.8) is 0 Å². The molecule has 0 spiro atoms. The highest BCUT2D eigenvalue weighted by atomic mass is 16.3. The SMILES string of the molecule is C=CCN(Cc1oc2ccccc2c1CN)C1CC1. The van der Waals surface area contributed by atoms with Crippen LogP contribution in [0.25, 0.3) is 11.0 Å². The molecule has 0 aliphatic heterocycles. The molecule has 1 aliphatic carbocycles. The average Bonchev–Trinajstić information content (AvgIpc) is 3.20. The number of hydrogen-bond acceptors (Lipinski definition) is 3. The molecule has 100 valence electrons. The first kappa shape index (κ1) is 12.5. The first-order chi connectivity index (χ1) is 9.33. The Kier molecular flexibility index (Phi) is 3.40. The topological polar surface area (TPSA) is 42.4 Å². The van der Waals surface area contributed by atoms with Gasteiger partial charge >= 0.3 is 0 Å². The molecule has 1 aromatic carbocycles. The predicted octanol–water partition coefficient (Wildman–Crippen LogP) is 3.04. The number of benzene rings is 1. The van der Waals surface area contributed by atoms with Crippen molar-refractivity contribution in [1.29, 1.82) is 0 Å². The van der Waals surface area contributed by atoms with Crippen LogP contribution < -0.4 is 5.73 Å². The van der Waals surface area contributed by atoms with Crippen LogP contribution in [0, 0.1) is 0 Å². The van der Waals surface area contributed by atoms with E-state index in [1.165, 1.54) is 12.8 Å². The minimum absolute atomic E-state index is 0.527. The summed E-state index contributed by atoms with van der Waals surface area (Å²) in [5, 5.41) is 1.15. The molecule has 1 fully saturated rings. The van der Waals surface area contributed by atoms with Gasteiger partial charge in [-0.2, -0.15) is 0 Å². The van der Waals surface area contributed by atoms with E-state index in [1.807, 2.05) is 24.3 Å². The van der Waals surface area contributed by atoms with Crippen LogP contribution in [0.2, 0.25) is 0 Å². The summed E-state index contributed by atoms with van der Waals surface area (Å²) in [6.45, 7) is 6.11. The fourth-order valence-electron chi connectivity index (χ4n) is 2.63. The maximum atomic E-state index is 5.99. The van der Waals surface area contributed by atoms with Crippen LogP contribution in [0.1, 0.15) is 24.2 Å². The number of para-hydroxylation sites is 1. The number of nitrogens with two attached hydrogens (primary N) is 1. The summed E-state index contributed by atoms with van der Waals surface area (Å²) in [6.07, 6.45) is 4.53. The number of rotatable bonds is 6. The zero-order valence-electron chi connectivity index (χ0n) is 11.1. The van der Waals surface area contributed by atoms with Crippen LogP contribution in [0.15, 0.2) is 41.3 Å². The van der Waals surface area contributed by atoms with Gasteiger partial charge in [0.15, 0.2) is 0 Å². The van der Waals surface area contributed by atoms with Crippen molar-refractivity contribution in [3.05, 3.63) is 48.2 Å². The lowest BCUT2D eigenvalue weighted by molar-refractivity contribution is 0.260. The van der Waals surface area contributed by atoms with Crippen LogP contribution in [0.4, 0.5) is 0 Å². The number of fused-ring (bicyclic) bond motifs is 1. The second kappa shape index (κ2) is 5.19. The van der Waals surface area contributed by atoms with Gasteiger partial charge in [0.1, 0.15) is 11.3 Å². The van der Waals surface area contributed by atoms with Crippen molar-refractivity contribution in [1.82, 2.24) is 4.90 Å². The monoisotopic (exact) mass is 256 g/mol. The minimum atomic E-state index is 0.527. The van der Waals surface area contributed by atoms with Gasteiger partial charge in [-0.05, 0) is 18.9 Å². The van der Waals surface area contributed by atoms with E-state index in [9.17, 15) is 0 Å². The van der Waals surface area contributed by atoms with Gasteiger partial charge in [0.2, 0.25) is 0 Å². The molecule has 1 saturated carbocycles. The van der Waals surface area contributed by atoms with Crippen LogP contribution in [0.5, 0.6) is 0 Å². The molecule has 3 nitrogen and oxygen atoms in total. The normalized spacial score (nSPS) is 15.3. The smallest absolute Gasteiger partial charge is 0.134 e. The van der Waals surface area contributed by atoms with E-state index in [1.54, 1.807) is 0 Å². The second-order valence-electron chi connectivity index (χ2n) is 5.15. The van der Waals surface area contributed by atoms with Gasteiger partial charge in [0, 0.05) is 30.1 Å². The standard InChI is InChI=1S/C16H20N2O/c1-2-9-18(12-7-8-12)11-16-14(10-17)13-5-3-4-6-15(13)19-16/h2-6,12H,1,7-11,17H2. The number of hydrogen-bond donors (Lipinski definition) is 1. The third kappa shape index (κ3) is 2.44. The largest absolute Gasteiger partial charge is 0.459 e. The maximum Gasteiger partial charge on any atom is 0.134 e. The predicted molar refractivity (Wildman–Crippen MR) is 77.7 cm³/mol. The van der Waals surface area contributed by atoms with Crippen LogP contribution in [0.3, 0.4) is 0 Å². The first-order valence-electron chi connectivity index (χ1n) is 6.87. The Labute approximate surface area is 113 Å². The zero-order chi connectivity index (χ0) is 13.2.